The monoisotopic (exact) mass is 387 g/mol. The standard InChI is InChI=1S/C19H37N3O5/c1-19(2,22)15-4-3-5-16(26-15)27-18-13(21)8-11(20)9-14(18)25-17-7-6-12(10-23)24-17/h11-18,23H,3-10,20-22H2,1-2H3/t11?,12?,13?,14?,15?,16-,17?,18-/m1/s1. The van der Waals surface area contributed by atoms with Crippen molar-refractivity contribution < 1.29 is 24.1 Å². The lowest BCUT2D eigenvalue weighted by Crippen LogP contribution is -2.58. The van der Waals surface area contributed by atoms with Crippen molar-refractivity contribution in [2.75, 3.05) is 6.61 Å². The number of rotatable bonds is 6. The van der Waals surface area contributed by atoms with Gasteiger partial charge >= 0.3 is 0 Å². The predicted octanol–water partition coefficient (Wildman–Crippen LogP) is 0.335. The van der Waals surface area contributed by atoms with E-state index in [1.54, 1.807) is 0 Å². The van der Waals surface area contributed by atoms with E-state index in [2.05, 4.69) is 0 Å². The van der Waals surface area contributed by atoms with Gasteiger partial charge in [-0.05, 0) is 52.4 Å². The van der Waals surface area contributed by atoms with Gasteiger partial charge in [0.05, 0.1) is 24.9 Å². The third kappa shape index (κ3) is 5.61. The summed E-state index contributed by atoms with van der Waals surface area (Å²) in [5.74, 6) is 0. The molecule has 0 bridgehead atoms. The van der Waals surface area contributed by atoms with Crippen molar-refractivity contribution in [1.29, 1.82) is 0 Å². The Balaban J connectivity index is 1.61. The maximum atomic E-state index is 9.26. The van der Waals surface area contributed by atoms with Gasteiger partial charge in [-0.1, -0.05) is 0 Å². The van der Waals surface area contributed by atoms with E-state index in [-0.39, 0.29) is 55.7 Å². The molecular formula is C19H37N3O5. The van der Waals surface area contributed by atoms with E-state index in [1.165, 1.54) is 0 Å². The third-order valence-corrected chi connectivity index (χ3v) is 5.86. The summed E-state index contributed by atoms with van der Waals surface area (Å²) >= 11 is 0. The Bertz CT molecular complexity index is 475. The predicted molar refractivity (Wildman–Crippen MR) is 101 cm³/mol. The molecule has 2 aliphatic heterocycles. The molecule has 3 rings (SSSR count). The lowest BCUT2D eigenvalue weighted by molar-refractivity contribution is -0.267. The number of hydrogen-bond acceptors (Lipinski definition) is 8. The van der Waals surface area contributed by atoms with E-state index in [4.69, 9.17) is 36.1 Å². The Hall–Kier alpha value is -0.320. The summed E-state index contributed by atoms with van der Waals surface area (Å²) in [7, 11) is 0. The Labute approximate surface area is 162 Å². The first kappa shape index (κ1) is 21.4. The zero-order valence-corrected chi connectivity index (χ0v) is 16.6. The first-order valence-corrected chi connectivity index (χ1v) is 10.3. The smallest absolute Gasteiger partial charge is 0.158 e. The summed E-state index contributed by atoms with van der Waals surface area (Å²) in [6, 6.07) is -0.244. The Morgan fingerprint density at radius 3 is 2.41 bits per heavy atom. The van der Waals surface area contributed by atoms with Crippen LogP contribution in [0.3, 0.4) is 0 Å². The Morgan fingerprint density at radius 2 is 1.74 bits per heavy atom. The van der Waals surface area contributed by atoms with Crippen LogP contribution in [0.1, 0.15) is 58.8 Å². The van der Waals surface area contributed by atoms with E-state index in [1.807, 2.05) is 13.8 Å². The second-order valence-electron chi connectivity index (χ2n) is 8.92. The lowest BCUT2D eigenvalue weighted by Gasteiger charge is -2.43. The first-order chi connectivity index (χ1) is 12.8. The SMILES string of the molecule is CC(C)(N)C1CCC[C@@H](O[C@@H]2C(N)CC(N)CC2OC2CCC(CO)O2)O1. The largest absolute Gasteiger partial charge is 0.394 e. The molecule has 3 aliphatic rings. The minimum absolute atomic E-state index is 0.00958. The van der Waals surface area contributed by atoms with Gasteiger partial charge in [0.15, 0.2) is 12.6 Å². The fourth-order valence-electron chi connectivity index (χ4n) is 4.32. The number of hydrogen-bond donors (Lipinski definition) is 4. The molecule has 0 aromatic rings. The summed E-state index contributed by atoms with van der Waals surface area (Å²) in [6.45, 7) is 3.97. The maximum Gasteiger partial charge on any atom is 0.158 e. The molecule has 0 aromatic heterocycles. The first-order valence-electron chi connectivity index (χ1n) is 10.3. The molecule has 3 fully saturated rings. The van der Waals surface area contributed by atoms with Gasteiger partial charge in [-0.2, -0.15) is 0 Å². The lowest BCUT2D eigenvalue weighted by atomic mass is 9.86. The molecule has 1 saturated carbocycles. The van der Waals surface area contributed by atoms with E-state index in [0.717, 1.165) is 32.1 Å². The fourth-order valence-corrected chi connectivity index (χ4v) is 4.32. The molecule has 0 amide bonds. The third-order valence-electron chi connectivity index (χ3n) is 5.86. The van der Waals surface area contributed by atoms with Crippen LogP contribution in [-0.4, -0.2) is 66.3 Å². The molecule has 2 saturated heterocycles. The van der Waals surface area contributed by atoms with Crippen LogP contribution >= 0.6 is 0 Å². The molecule has 1 aliphatic carbocycles. The summed E-state index contributed by atoms with van der Waals surface area (Å²) in [5, 5.41) is 9.26. The van der Waals surface area contributed by atoms with Gasteiger partial charge in [-0.25, -0.2) is 0 Å². The fraction of sp³-hybridized carbons (Fsp3) is 1.00. The van der Waals surface area contributed by atoms with Gasteiger partial charge in [0.2, 0.25) is 0 Å². The molecule has 0 radical (unpaired) electrons. The van der Waals surface area contributed by atoms with Crippen LogP contribution in [0.5, 0.6) is 0 Å². The second kappa shape index (κ2) is 9.00. The number of aliphatic hydroxyl groups is 1. The van der Waals surface area contributed by atoms with Crippen molar-refractivity contribution in [1.82, 2.24) is 0 Å². The topological polar surface area (TPSA) is 135 Å². The van der Waals surface area contributed by atoms with Gasteiger partial charge in [-0.3, -0.25) is 0 Å². The van der Waals surface area contributed by atoms with Gasteiger partial charge in [-0.15, -0.1) is 0 Å². The number of nitrogens with two attached hydrogens (primary N) is 3. The molecule has 27 heavy (non-hydrogen) atoms. The van der Waals surface area contributed by atoms with E-state index >= 15 is 0 Å². The van der Waals surface area contributed by atoms with Crippen LogP contribution in [0, 0.1) is 0 Å². The second-order valence-corrected chi connectivity index (χ2v) is 8.92. The van der Waals surface area contributed by atoms with Crippen molar-refractivity contribution in [3.8, 4) is 0 Å². The summed E-state index contributed by atoms with van der Waals surface area (Å²) in [6.07, 6.45) is 4.23. The number of ether oxygens (including phenoxy) is 4. The minimum Gasteiger partial charge on any atom is -0.394 e. The molecule has 6 unspecified atom stereocenters. The highest BCUT2D eigenvalue weighted by atomic mass is 16.7. The van der Waals surface area contributed by atoms with Gasteiger partial charge in [0.1, 0.15) is 6.10 Å². The molecule has 8 heteroatoms. The van der Waals surface area contributed by atoms with Crippen LogP contribution < -0.4 is 17.2 Å². The minimum atomic E-state index is -0.411. The highest BCUT2D eigenvalue weighted by molar-refractivity contribution is 4.94. The molecule has 2 heterocycles. The van der Waals surface area contributed by atoms with E-state index < -0.39 is 5.54 Å². The summed E-state index contributed by atoms with van der Waals surface area (Å²) in [5.41, 5.74) is 18.4. The summed E-state index contributed by atoms with van der Waals surface area (Å²) in [4.78, 5) is 0. The van der Waals surface area contributed by atoms with Crippen molar-refractivity contribution in [2.45, 2.75) is 113 Å². The molecule has 0 spiro atoms. The molecule has 0 aromatic carbocycles. The van der Waals surface area contributed by atoms with Crippen molar-refractivity contribution in [2.24, 2.45) is 17.2 Å². The zero-order chi connectivity index (χ0) is 19.6. The maximum absolute atomic E-state index is 9.26. The summed E-state index contributed by atoms with van der Waals surface area (Å²) < 4.78 is 24.3. The van der Waals surface area contributed by atoms with Crippen molar-refractivity contribution >= 4 is 0 Å². The molecule has 8 nitrogen and oxygen atoms in total. The van der Waals surface area contributed by atoms with Gasteiger partial charge in [0.25, 0.3) is 0 Å². The Morgan fingerprint density at radius 1 is 1.00 bits per heavy atom. The van der Waals surface area contributed by atoms with Gasteiger partial charge in [0, 0.05) is 24.0 Å². The Kier molecular flexibility index (Phi) is 7.13. The molecule has 158 valence electrons. The number of aliphatic hydroxyl groups excluding tert-OH is 1. The average Bonchev–Trinajstić information content (AvgIpc) is 3.05. The van der Waals surface area contributed by atoms with E-state index in [9.17, 15) is 5.11 Å². The zero-order valence-electron chi connectivity index (χ0n) is 16.6. The quantitative estimate of drug-likeness (QED) is 0.512. The highest BCUT2D eigenvalue weighted by Crippen LogP contribution is 2.32. The molecule has 7 N–H and O–H groups in total. The highest BCUT2D eigenvalue weighted by Gasteiger charge is 2.42. The van der Waals surface area contributed by atoms with Crippen molar-refractivity contribution in [3.63, 3.8) is 0 Å². The normalized spacial score (nSPS) is 43.8. The van der Waals surface area contributed by atoms with Gasteiger partial charge < -0.3 is 41.3 Å². The van der Waals surface area contributed by atoms with Crippen LogP contribution in [0.15, 0.2) is 0 Å². The van der Waals surface area contributed by atoms with Crippen molar-refractivity contribution in [3.05, 3.63) is 0 Å². The van der Waals surface area contributed by atoms with Crippen LogP contribution in [0.25, 0.3) is 0 Å². The van der Waals surface area contributed by atoms with Crippen LogP contribution in [0.2, 0.25) is 0 Å². The van der Waals surface area contributed by atoms with Crippen LogP contribution in [-0.2, 0) is 18.9 Å². The molecular weight excluding hydrogens is 350 g/mol. The molecule has 8 atom stereocenters. The average molecular weight is 388 g/mol. The van der Waals surface area contributed by atoms with Crippen LogP contribution in [0.4, 0.5) is 0 Å². The van der Waals surface area contributed by atoms with E-state index in [0.29, 0.717) is 12.8 Å².